The summed E-state index contributed by atoms with van der Waals surface area (Å²) in [5.74, 6) is 0. The molecule has 18 heavy (non-hydrogen) atoms. The van der Waals surface area contributed by atoms with E-state index in [9.17, 15) is 0 Å². The van der Waals surface area contributed by atoms with E-state index in [4.69, 9.17) is 4.43 Å². The van der Waals surface area contributed by atoms with Gasteiger partial charge in [-0.2, -0.15) is 0 Å². The Kier molecular flexibility index (Phi) is 8.57. The normalized spacial score (nSPS) is 16.0. The van der Waals surface area contributed by atoms with Crippen molar-refractivity contribution in [1.82, 2.24) is 14.5 Å². The first-order valence-corrected chi connectivity index (χ1v) is 12.7. The van der Waals surface area contributed by atoms with Gasteiger partial charge in [0.2, 0.25) is 0 Å². The summed E-state index contributed by atoms with van der Waals surface area (Å²) < 4.78 is 8.41. The molecule has 0 aliphatic heterocycles. The van der Waals surface area contributed by atoms with E-state index in [-0.39, 0.29) is 0 Å². The van der Waals surface area contributed by atoms with Gasteiger partial charge < -0.3 is 4.43 Å². The summed E-state index contributed by atoms with van der Waals surface area (Å²) in [7, 11) is 0.580. The third-order valence-corrected chi connectivity index (χ3v) is 7.78. The number of nitrogens with one attached hydrogen (secondary N) is 2. The Morgan fingerprint density at radius 1 is 1.06 bits per heavy atom. The summed E-state index contributed by atoms with van der Waals surface area (Å²) >= 11 is 0. The second kappa shape index (κ2) is 8.45. The van der Waals surface area contributed by atoms with Crippen LogP contribution in [0.4, 0.5) is 0 Å². The first kappa shape index (κ1) is 18.3. The van der Waals surface area contributed by atoms with Crippen molar-refractivity contribution in [2.45, 2.75) is 46.3 Å². The molecule has 0 heterocycles. The molecule has 0 saturated carbocycles. The Morgan fingerprint density at radius 3 is 1.83 bits per heavy atom. The second-order valence-corrected chi connectivity index (χ2v) is 14.7. The number of hydrogen-bond acceptors (Lipinski definition) is 4. The standard InChI is InChI=1S/C12H33N3OSi2/c1-8-10-15(11-9-2)18(13-3,16-4)14-12-17(5,6)7/h13-14H,8-12H2,1-7H3. The minimum atomic E-state index is -2.16. The second-order valence-electron chi connectivity index (χ2n) is 6.00. The molecule has 4 nitrogen and oxygen atoms in total. The van der Waals surface area contributed by atoms with Gasteiger partial charge in [0, 0.05) is 7.11 Å². The average molecular weight is 292 g/mol. The zero-order valence-corrected chi connectivity index (χ0v) is 15.4. The molecular formula is C12H33N3OSi2. The van der Waals surface area contributed by atoms with E-state index in [1.807, 2.05) is 14.2 Å². The van der Waals surface area contributed by atoms with Crippen LogP contribution in [0.2, 0.25) is 19.6 Å². The molecular weight excluding hydrogens is 258 g/mol. The largest absolute Gasteiger partial charge is 0.442 e. The van der Waals surface area contributed by atoms with Crippen molar-refractivity contribution in [3.8, 4) is 0 Å². The lowest BCUT2D eigenvalue weighted by Crippen LogP contribution is -2.75. The van der Waals surface area contributed by atoms with Gasteiger partial charge in [0.05, 0.1) is 8.07 Å². The Balaban J connectivity index is 4.83. The van der Waals surface area contributed by atoms with E-state index in [2.05, 4.69) is 48.0 Å². The van der Waals surface area contributed by atoms with Gasteiger partial charge in [0.15, 0.2) is 0 Å². The van der Waals surface area contributed by atoms with Gasteiger partial charge >= 0.3 is 8.80 Å². The lowest BCUT2D eigenvalue weighted by atomic mass is 10.4. The first-order chi connectivity index (χ1) is 8.35. The predicted molar refractivity (Wildman–Crippen MR) is 85.3 cm³/mol. The Hall–Kier alpha value is 0.274. The maximum absolute atomic E-state index is 5.91. The van der Waals surface area contributed by atoms with Crippen molar-refractivity contribution in [3.05, 3.63) is 0 Å². The summed E-state index contributed by atoms with van der Waals surface area (Å²) in [6.07, 6.45) is 3.42. The van der Waals surface area contributed by atoms with Crippen LogP contribution in [0.25, 0.3) is 0 Å². The van der Waals surface area contributed by atoms with Crippen LogP contribution in [-0.4, -0.2) is 54.9 Å². The molecule has 0 aromatic carbocycles. The Morgan fingerprint density at radius 2 is 1.56 bits per heavy atom. The van der Waals surface area contributed by atoms with Gasteiger partial charge in [0.1, 0.15) is 0 Å². The molecule has 2 N–H and O–H groups in total. The van der Waals surface area contributed by atoms with Gasteiger partial charge in [0.25, 0.3) is 0 Å². The summed E-state index contributed by atoms with van der Waals surface area (Å²) in [4.78, 5) is 7.20. The average Bonchev–Trinajstić information content (AvgIpc) is 2.30. The van der Waals surface area contributed by atoms with E-state index >= 15 is 0 Å². The summed E-state index contributed by atoms with van der Waals surface area (Å²) in [6, 6.07) is 0. The molecule has 0 saturated heterocycles. The van der Waals surface area contributed by atoms with Crippen molar-refractivity contribution in [2.75, 3.05) is 33.4 Å². The van der Waals surface area contributed by atoms with Crippen molar-refractivity contribution >= 4 is 16.9 Å². The van der Waals surface area contributed by atoms with E-state index < -0.39 is 16.9 Å². The molecule has 0 aliphatic rings. The molecule has 110 valence electrons. The third-order valence-electron chi connectivity index (χ3n) is 2.92. The minimum Gasteiger partial charge on any atom is -0.383 e. The summed E-state index contributed by atoms with van der Waals surface area (Å²) in [5, 5.41) is 0. The molecule has 0 aromatic rings. The lowest BCUT2D eigenvalue weighted by molar-refractivity contribution is 0.258. The predicted octanol–water partition coefficient (Wildman–Crippen LogP) is 1.88. The van der Waals surface area contributed by atoms with Crippen LogP contribution in [0.5, 0.6) is 0 Å². The van der Waals surface area contributed by atoms with Crippen LogP contribution < -0.4 is 9.96 Å². The van der Waals surface area contributed by atoms with Gasteiger partial charge in [-0.1, -0.05) is 33.5 Å². The van der Waals surface area contributed by atoms with E-state index in [1.54, 1.807) is 0 Å². The quantitative estimate of drug-likeness (QED) is 0.603. The molecule has 0 bridgehead atoms. The highest BCUT2D eigenvalue weighted by molar-refractivity contribution is 6.78. The Labute approximate surface area is 116 Å². The number of hydrogen-bond donors (Lipinski definition) is 2. The monoisotopic (exact) mass is 291 g/mol. The lowest BCUT2D eigenvalue weighted by Gasteiger charge is -2.40. The fraction of sp³-hybridized carbons (Fsp3) is 1.00. The van der Waals surface area contributed by atoms with Crippen LogP contribution in [0.15, 0.2) is 0 Å². The smallest absolute Gasteiger partial charge is 0.383 e. The van der Waals surface area contributed by atoms with Gasteiger partial charge in [-0.3, -0.25) is 14.5 Å². The summed E-state index contributed by atoms with van der Waals surface area (Å²) in [5.41, 5.74) is 0. The molecule has 1 atom stereocenters. The first-order valence-electron chi connectivity index (χ1n) is 7.09. The fourth-order valence-corrected chi connectivity index (χ4v) is 7.49. The SMILES string of the molecule is CCCN(CCC)[Si](NC)(NC[Si](C)(C)C)OC. The zero-order chi connectivity index (χ0) is 14.2. The van der Waals surface area contributed by atoms with Gasteiger partial charge in [-0.05, 0) is 39.1 Å². The van der Waals surface area contributed by atoms with Crippen molar-refractivity contribution in [1.29, 1.82) is 0 Å². The molecule has 0 amide bonds. The highest BCUT2D eigenvalue weighted by Gasteiger charge is 2.41. The highest BCUT2D eigenvalue weighted by Crippen LogP contribution is 2.08. The molecule has 0 spiro atoms. The Bertz CT molecular complexity index is 212. The third kappa shape index (κ3) is 5.94. The van der Waals surface area contributed by atoms with Crippen LogP contribution in [-0.2, 0) is 4.43 Å². The zero-order valence-electron chi connectivity index (χ0n) is 13.4. The van der Waals surface area contributed by atoms with Crippen molar-refractivity contribution in [3.63, 3.8) is 0 Å². The van der Waals surface area contributed by atoms with E-state index in [0.29, 0.717) is 0 Å². The summed E-state index contributed by atoms with van der Waals surface area (Å²) in [6.45, 7) is 13.8. The number of nitrogens with zero attached hydrogens (tertiary/aromatic N) is 1. The maximum atomic E-state index is 5.91. The van der Waals surface area contributed by atoms with Crippen molar-refractivity contribution in [2.24, 2.45) is 0 Å². The number of rotatable bonds is 10. The van der Waals surface area contributed by atoms with E-state index in [1.165, 1.54) is 0 Å². The molecule has 1 unspecified atom stereocenters. The highest BCUT2D eigenvalue weighted by atomic mass is 28.4. The maximum Gasteiger partial charge on any atom is 0.442 e. The van der Waals surface area contributed by atoms with Crippen LogP contribution in [0, 0.1) is 0 Å². The topological polar surface area (TPSA) is 36.5 Å². The molecule has 0 rings (SSSR count). The van der Waals surface area contributed by atoms with Crippen LogP contribution in [0.3, 0.4) is 0 Å². The molecule has 0 aromatic heterocycles. The van der Waals surface area contributed by atoms with Crippen molar-refractivity contribution < 1.29 is 4.43 Å². The van der Waals surface area contributed by atoms with Crippen LogP contribution >= 0.6 is 0 Å². The van der Waals surface area contributed by atoms with Gasteiger partial charge in [-0.25, -0.2) is 0 Å². The van der Waals surface area contributed by atoms with E-state index in [0.717, 1.165) is 32.1 Å². The molecule has 0 radical (unpaired) electrons. The molecule has 0 aliphatic carbocycles. The van der Waals surface area contributed by atoms with Crippen LogP contribution in [0.1, 0.15) is 26.7 Å². The molecule has 0 fully saturated rings. The molecule has 6 heteroatoms. The minimum absolute atomic E-state index is 1.09. The fourth-order valence-electron chi connectivity index (χ4n) is 2.01. The van der Waals surface area contributed by atoms with Gasteiger partial charge in [-0.15, -0.1) is 0 Å².